The number of nitrogens with zero attached hydrogens (tertiary/aromatic N) is 5. The highest BCUT2D eigenvalue weighted by molar-refractivity contribution is 8.00. The zero-order valence-electron chi connectivity index (χ0n) is 84.0. The molecule has 17 aromatic rings. The van der Waals surface area contributed by atoms with Gasteiger partial charge in [-0.25, -0.2) is 0 Å². The Balaban J connectivity index is 0.000000122. The van der Waals surface area contributed by atoms with Gasteiger partial charge in [0.25, 0.3) is 0 Å². The molecular formula is C126H137N5OS2. The van der Waals surface area contributed by atoms with E-state index in [2.05, 4.69) is 469 Å². The van der Waals surface area contributed by atoms with E-state index in [1.165, 1.54) is 271 Å². The molecule has 5 heterocycles. The summed E-state index contributed by atoms with van der Waals surface area (Å²) in [7, 11) is 0. The molecule has 134 heavy (non-hydrogen) atoms. The minimum Gasteiger partial charge on any atom is -0.453 e. The first kappa shape index (κ1) is 95.0. The molecule has 0 radical (unpaired) electrons. The minimum absolute atomic E-state index is 0.128. The summed E-state index contributed by atoms with van der Waals surface area (Å²) in [5, 5.41) is 5.36. The molecule has 3 aliphatic heterocycles. The lowest BCUT2D eigenvalue weighted by Gasteiger charge is -2.36. The Hall–Kier alpha value is -12.2. The largest absolute Gasteiger partial charge is 0.453 e. The van der Waals surface area contributed by atoms with Crippen LogP contribution in [0.2, 0.25) is 0 Å². The lowest BCUT2D eigenvalue weighted by molar-refractivity contribution is 0.476. The molecule has 0 aliphatic carbocycles. The average molecular weight is 1800 g/mol. The van der Waals surface area contributed by atoms with Crippen LogP contribution in [0.5, 0.6) is 11.5 Å². The van der Waals surface area contributed by atoms with E-state index in [0.717, 1.165) is 29.3 Å². The molecule has 0 fully saturated rings. The van der Waals surface area contributed by atoms with Gasteiger partial charge in [0.15, 0.2) is 11.5 Å². The van der Waals surface area contributed by atoms with E-state index in [1.807, 2.05) is 23.5 Å². The zero-order chi connectivity index (χ0) is 94.9. The second-order valence-corrected chi connectivity index (χ2v) is 42.6. The molecule has 6 nitrogen and oxygen atoms in total. The maximum absolute atomic E-state index is 6.31. The molecule has 20 rings (SSSR count). The standard InChI is InChI=1S/C26H29NO.C26H29NS.C26H29N.C24H25NS.C24H25N/c2*1-16-8-10-21-23(12-16)28-24-13-17(2)9-11-22(24)27(21)25-18(3)14-20(15-19(25)4)26(5,6)7;1-4-5-6-7-8-21-11-13-22(14-12-21)27-25-15-9-19(2)17-23(25)24-18-20(3)10-16-26(24)27;1-4-5-6-19-9-11-20(12-10-19)25-21-13-7-17(2)15-23(21)26-24-16-18(3)8-14-22(24)25;1-5-18(4)19-8-10-20(11-9-19)25-23-12-6-16(2)14-21(23)22-15-17(3)7-13-24(22)25/h2*8-15H,1-7H3;9-18H,4-8H2,1-3H3;7-16H,4-6H2,1-3H3;6-15,18H,5H2,1-4H3. The smallest absolute Gasteiger partial charge is 0.151 e. The monoisotopic (exact) mass is 1800 g/mol. The summed E-state index contributed by atoms with van der Waals surface area (Å²) in [6.45, 7) is 53.2. The summed E-state index contributed by atoms with van der Waals surface area (Å²) in [6, 6.07) is 104. The Morgan fingerprint density at radius 2 is 0.560 bits per heavy atom. The Morgan fingerprint density at radius 1 is 0.276 bits per heavy atom. The number of unbranched alkanes of at least 4 members (excludes halogenated alkanes) is 4. The van der Waals surface area contributed by atoms with Gasteiger partial charge in [-0.3, -0.25) is 0 Å². The Labute approximate surface area is 808 Å². The van der Waals surface area contributed by atoms with Gasteiger partial charge in [0.1, 0.15) is 0 Å². The number of aryl methyl sites for hydroxylation is 16. The molecule has 1 unspecified atom stereocenters. The lowest BCUT2D eigenvalue weighted by Crippen LogP contribution is -2.19. The van der Waals surface area contributed by atoms with E-state index in [1.54, 1.807) is 0 Å². The van der Waals surface area contributed by atoms with Crippen molar-refractivity contribution in [3.05, 3.63) is 385 Å². The fourth-order valence-electron chi connectivity index (χ4n) is 19.3. The van der Waals surface area contributed by atoms with Gasteiger partial charge in [-0.1, -0.05) is 262 Å². The minimum atomic E-state index is 0.128. The summed E-state index contributed by atoms with van der Waals surface area (Å²) in [5.41, 5.74) is 44.1. The Morgan fingerprint density at radius 3 is 0.888 bits per heavy atom. The van der Waals surface area contributed by atoms with Gasteiger partial charge in [0.05, 0.1) is 67.6 Å². The molecular weight excluding hydrogens is 1660 g/mol. The maximum Gasteiger partial charge on any atom is 0.151 e. The average Bonchev–Trinajstić information content (AvgIpc) is 1.40. The number of fused-ring (bicyclic) bond motifs is 12. The molecule has 0 amide bonds. The normalized spacial score (nSPS) is 12.7. The first-order valence-corrected chi connectivity index (χ1v) is 50.5. The second-order valence-electron chi connectivity index (χ2n) is 40.5. The van der Waals surface area contributed by atoms with Gasteiger partial charge in [-0.15, -0.1) is 0 Å². The van der Waals surface area contributed by atoms with Crippen molar-refractivity contribution < 1.29 is 4.74 Å². The van der Waals surface area contributed by atoms with Gasteiger partial charge in [-0.05, 0) is 387 Å². The number of benzene rings is 15. The van der Waals surface area contributed by atoms with Crippen LogP contribution in [0.25, 0.3) is 55.0 Å². The number of anilines is 9. The quantitative estimate of drug-likeness (QED) is 0.0950. The fourth-order valence-corrected chi connectivity index (χ4v) is 21.8. The summed E-state index contributed by atoms with van der Waals surface area (Å²) in [6.07, 6.45) is 11.3. The first-order valence-electron chi connectivity index (χ1n) is 48.8. The Kier molecular flexibility index (Phi) is 28.5. The van der Waals surface area contributed by atoms with Crippen LogP contribution in [0.4, 0.5) is 51.2 Å². The predicted molar refractivity (Wildman–Crippen MR) is 582 cm³/mol. The molecule has 0 N–H and O–H groups in total. The highest BCUT2D eigenvalue weighted by atomic mass is 32.2. The zero-order valence-corrected chi connectivity index (χ0v) is 85.6. The molecule has 0 bridgehead atoms. The van der Waals surface area contributed by atoms with E-state index >= 15 is 0 Å². The van der Waals surface area contributed by atoms with Crippen LogP contribution >= 0.6 is 23.5 Å². The third-order valence-corrected chi connectivity index (χ3v) is 29.2. The summed E-state index contributed by atoms with van der Waals surface area (Å²) < 4.78 is 11.1. The maximum atomic E-state index is 6.31. The van der Waals surface area contributed by atoms with Crippen molar-refractivity contribution >= 4 is 118 Å². The number of aromatic nitrogens is 2. The first-order chi connectivity index (χ1) is 64.2. The van der Waals surface area contributed by atoms with Crippen LogP contribution in [-0.4, -0.2) is 9.13 Å². The van der Waals surface area contributed by atoms with Crippen LogP contribution in [0.15, 0.2) is 299 Å². The van der Waals surface area contributed by atoms with Crippen molar-refractivity contribution in [1.82, 2.24) is 9.13 Å². The van der Waals surface area contributed by atoms with Gasteiger partial charge in [0, 0.05) is 58.2 Å². The van der Waals surface area contributed by atoms with Crippen LogP contribution in [0.3, 0.4) is 0 Å². The number of ether oxygens (including phenoxy) is 1. The predicted octanol–water partition coefficient (Wildman–Crippen LogP) is 38.0. The highest BCUT2D eigenvalue weighted by Gasteiger charge is 2.33. The summed E-state index contributed by atoms with van der Waals surface area (Å²) in [4.78, 5) is 12.6. The molecule has 15 aromatic carbocycles. The van der Waals surface area contributed by atoms with Crippen molar-refractivity contribution in [2.75, 3.05) is 14.7 Å². The number of hydrogen-bond donors (Lipinski definition) is 0. The summed E-state index contributed by atoms with van der Waals surface area (Å²) in [5.74, 6) is 2.44. The van der Waals surface area contributed by atoms with Crippen molar-refractivity contribution in [3.63, 3.8) is 0 Å². The van der Waals surface area contributed by atoms with Crippen molar-refractivity contribution in [2.24, 2.45) is 0 Å². The van der Waals surface area contributed by atoms with Crippen LogP contribution in [0, 0.1) is 96.9 Å². The fraction of sp³-hybridized carbons (Fsp3) is 0.286. The molecule has 0 spiro atoms. The molecule has 8 heteroatoms. The van der Waals surface area contributed by atoms with Crippen LogP contribution in [0.1, 0.15) is 226 Å². The molecule has 1 atom stereocenters. The Bertz CT molecular complexity index is 6690. The molecule has 2 aromatic heterocycles. The van der Waals surface area contributed by atoms with Gasteiger partial charge >= 0.3 is 0 Å². The summed E-state index contributed by atoms with van der Waals surface area (Å²) >= 11 is 3.77. The molecule has 3 aliphatic rings. The van der Waals surface area contributed by atoms with Crippen molar-refractivity contribution in [1.29, 1.82) is 0 Å². The lowest BCUT2D eigenvalue weighted by atomic mass is 9.84. The molecule has 0 saturated heterocycles. The van der Waals surface area contributed by atoms with E-state index in [0.29, 0.717) is 5.92 Å². The number of rotatable bonds is 15. The highest BCUT2D eigenvalue weighted by Crippen LogP contribution is 2.57. The van der Waals surface area contributed by atoms with E-state index in [9.17, 15) is 0 Å². The van der Waals surface area contributed by atoms with E-state index < -0.39 is 0 Å². The van der Waals surface area contributed by atoms with Crippen molar-refractivity contribution in [2.45, 2.75) is 260 Å². The number of hydrogen-bond acceptors (Lipinski definition) is 6. The van der Waals surface area contributed by atoms with Gasteiger partial charge in [0.2, 0.25) is 0 Å². The van der Waals surface area contributed by atoms with Crippen LogP contribution in [-0.2, 0) is 23.7 Å². The molecule has 684 valence electrons. The molecule has 0 saturated carbocycles. The third-order valence-electron chi connectivity index (χ3n) is 27.0. The van der Waals surface area contributed by atoms with Crippen LogP contribution < -0.4 is 19.4 Å². The third kappa shape index (κ3) is 20.4. The van der Waals surface area contributed by atoms with E-state index in [-0.39, 0.29) is 10.8 Å². The van der Waals surface area contributed by atoms with Gasteiger partial charge < -0.3 is 28.6 Å². The van der Waals surface area contributed by atoms with Gasteiger partial charge in [-0.2, -0.15) is 0 Å². The SMILES string of the molecule is CCC(C)c1ccc(-n2c3ccc(C)cc3c3cc(C)ccc32)cc1.CCCCCCc1ccc(-n2c3ccc(C)cc3c3cc(C)ccc32)cc1.CCCCc1ccc(N2c3ccc(C)cc3Sc3cc(C)ccc32)cc1.Cc1ccc2c(c1)Oc1cc(C)ccc1N2c1c(C)cc(C(C)(C)C)cc1C.Cc1ccc2c(c1)Sc1cc(C)ccc1N2c1c(C)cc(C(C)(C)C)cc1C. The topological polar surface area (TPSA) is 28.8 Å². The second kappa shape index (κ2) is 40.2. The van der Waals surface area contributed by atoms with E-state index in [4.69, 9.17) is 4.74 Å². The van der Waals surface area contributed by atoms with Crippen molar-refractivity contribution in [3.8, 4) is 22.9 Å².